The molecule has 2 N–H and O–H groups in total. The third-order valence-corrected chi connectivity index (χ3v) is 7.09. The highest BCUT2D eigenvalue weighted by Gasteiger charge is 2.26. The molecule has 1 saturated carbocycles. The Kier molecular flexibility index (Phi) is 5.24. The molecule has 7 heteroatoms. The number of amides is 1. The van der Waals surface area contributed by atoms with Crippen molar-refractivity contribution in [1.29, 1.82) is 0 Å². The van der Waals surface area contributed by atoms with E-state index in [1.165, 1.54) is 37.8 Å². The van der Waals surface area contributed by atoms with E-state index in [4.69, 9.17) is 14.5 Å². The maximum Gasteiger partial charge on any atom is 0.225 e. The molecule has 0 radical (unpaired) electrons. The van der Waals surface area contributed by atoms with Crippen LogP contribution in [-0.4, -0.2) is 27.5 Å². The maximum atomic E-state index is 11.7. The van der Waals surface area contributed by atoms with Crippen LogP contribution >= 0.6 is 0 Å². The van der Waals surface area contributed by atoms with Crippen molar-refractivity contribution in [2.75, 3.05) is 11.9 Å². The predicted octanol–water partition coefficient (Wildman–Crippen LogP) is 5.25. The summed E-state index contributed by atoms with van der Waals surface area (Å²) in [5.41, 5.74) is 3.34. The minimum Gasteiger partial charge on any atom is -0.493 e. The normalized spacial score (nSPS) is 20.4. The van der Waals surface area contributed by atoms with Crippen LogP contribution in [0.3, 0.4) is 0 Å². The standard InChI is InChI=1S/C26H28N4O3/c31-24-9-7-20-23(10-11-27-26(20)30-24)33-19-6-8-22-17(13-19)12-18(15-32-22)25-28-14-21(29-25)16-4-2-1-3-5-16/h6,8,10-11,13-14,16,18H,1-5,7,9,12,15H2,(H,28,29)(H,27,30,31)/t18-/m1/s1. The molecule has 0 unspecified atom stereocenters. The van der Waals surface area contributed by atoms with Gasteiger partial charge in [-0.05, 0) is 55.5 Å². The van der Waals surface area contributed by atoms with Crippen LogP contribution < -0.4 is 14.8 Å². The Morgan fingerprint density at radius 1 is 1.03 bits per heavy atom. The molecule has 33 heavy (non-hydrogen) atoms. The molecule has 1 amide bonds. The Hall–Kier alpha value is -3.35. The second-order valence-electron chi connectivity index (χ2n) is 9.33. The fourth-order valence-corrected chi connectivity index (χ4v) is 5.27. The van der Waals surface area contributed by atoms with Crippen molar-refractivity contribution in [2.24, 2.45) is 0 Å². The lowest BCUT2D eigenvalue weighted by Gasteiger charge is -2.25. The second kappa shape index (κ2) is 8.54. The first-order valence-corrected chi connectivity index (χ1v) is 12.0. The number of nitrogens with one attached hydrogen (secondary N) is 2. The van der Waals surface area contributed by atoms with Crippen LogP contribution in [0.15, 0.2) is 36.7 Å². The molecular weight excluding hydrogens is 416 g/mol. The van der Waals surface area contributed by atoms with Crippen molar-refractivity contribution in [1.82, 2.24) is 15.0 Å². The number of aromatic nitrogens is 3. The van der Waals surface area contributed by atoms with E-state index in [0.717, 1.165) is 40.6 Å². The first kappa shape index (κ1) is 20.3. The van der Waals surface area contributed by atoms with Crippen LogP contribution in [0.4, 0.5) is 5.82 Å². The molecule has 2 aliphatic heterocycles. The molecular formula is C26H28N4O3. The van der Waals surface area contributed by atoms with E-state index in [9.17, 15) is 4.79 Å². The van der Waals surface area contributed by atoms with Crippen molar-refractivity contribution in [3.63, 3.8) is 0 Å². The van der Waals surface area contributed by atoms with Crippen LogP contribution in [0.25, 0.3) is 0 Å². The van der Waals surface area contributed by atoms with E-state index < -0.39 is 0 Å². The molecule has 1 aromatic carbocycles. The first-order valence-electron chi connectivity index (χ1n) is 12.0. The molecule has 1 fully saturated rings. The highest BCUT2D eigenvalue weighted by Crippen LogP contribution is 2.38. The maximum absolute atomic E-state index is 11.7. The molecule has 0 spiro atoms. The number of nitrogens with zero attached hydrogens (tertiary/aromatic N) is 2. The monoisotopic (exact) mass is 444 g/mol. The zero-order valence-corrected chi connectivity index (χ0v) is 18.6. The summed E-state index contributed by atoms with van der Waals surface area (Å²) in [6, 6.07) is 7.82. The summed E-state index contributed by atoms with van der Waals surface area (Å²) in [6.07, 6.45) is 12.1. The lowest BCUT2D eigenvalue weighted by molar-refractivity contribution is -0.116. The van der Waals surface area contributed by atoms with Gasteiger partial charge in [-0.1, -0.05) is 19.3 Å². The fourth-order valence-electron chi connectivity index (χ4n) is 5.27. The van der Waals surface area contributed by atoms with Gasteiger partial charge in [-0.3, -0.25) is 4.79 Å². The van der Waals surface area contributed by atoms with Gasteiger partial charge in [0.15, 0.2) is 0 Å². The highest BCUT2D eigenvalue weighted by molar-refractivity contribution is 5.93. The number of anilines is 1. The van der Waals surface area contributed by atoms with Crippen molar-refractivity contribution in [3.05, 3.63) is 59.3 Å². The summed E-state index contributed by atoms with van der Waals surface area (Å²) >= 11 is 0. The average molecular weight is 445 g/mol. The van der Waals surface area contributed by atoms with E-state index >= 15 is 0 Å². The zero-order chi connectivity index (χ0) is 22.2. The zero-order valence-electron chi connectivity index (χ0n) is 18.6. The van der Waals surface area contributed by atoms with E-state index in [1.807, 2.05) is 24.4 Å². The van der Waals surface area contributed by atoms with E-state index in [-0.39, 0.29) is 11.8 Å². The Morgan fingerprint density at radius 3 is 2.85 bits per heavy atom. The Morgan fingerprint density at radius 2 is 1.94 bits per heavy atom. The molecule has 170 valence electrons. The van der Waals surface area contributed by atoms with Gasteiger partial charge in [-0.25, -0.2) is 9.97 Å². The largest absolute Gasteiger partial charge is 0.493 e. The van der Waals surface area contributed by atoms with Crippen molar-refractivity contribution in [2.45, 2.75) is 63.2 Å². The van der Waals surface area contributed by atoms with E-state index in [2.05, 4.69) is 21.4 Å². The molecule has 3 aromatic rings. The fraction of sp³-hybridized carbons (Fsp3) is 0.423. The summed E-state index contributed by atoms with van der Waals surface area (Å²) in [5, 5.41) is 2.83. The Bertz CT molecular complexity index is 1180. The number of hydrogen-bond acceptors (Lipinski definition) is 5. The minimum atomic E-state index is -0.00584. The van der Waals surface area contributed by atoms with Crippen LogP contribution in [0.2, 0.25) is 0 Å². The second-order valence-corrected chi connectivity index (χ2v) is 9.33. The van der Waals surface area contributed by atoms with Crippen LogP contribution in [-0.2, 0) is 17.6 Å². The number of fused-ring (bicyclic) bond motifs is 2. The van der Waals surface area contributed by atoms with Crippen LogP contribution in [0, 0.1) is 0 Å². The van der Waals surface area contributed by atoms with Crippen LogP contribution in [0.5, 0.6) is 17.2 Å². The van der Waals surface area contributed by atoms with Gasteiger partial charge in [0.25, 0.3) is 0 Å². The number of H-pyrrole nitrogens is 1. The molecule has 3 aliphatic rings. The summed E-state index contributed by atoms with van der Waals surface area (Å²) in [7, 11) is 0. The van der Waals surface area contributed by atoms with Gasteiger partial charge in [0.1, 0.15) is 28.9 Å². The molecule has 0 bridgehead atoms. The molecule has 1 atom stereocenters. The minimum absolute atomic E-state index is 0.00584. The number of carbonyl (C=O) groups is 1. The summed E-state index contributed by atoms with van der Waals surface area (Å²) < 4.78 is 12.3. The topological polar surface area (TPSA) is 89.1 Å². The lowest BCUT2D eigenvalue weighted by atomic mass is 9.87. The van der Waals surface area contributed by atoms with Crippen molar-refractivity contribution in [3.8, 4) is 17.2 Å². The van der Waals surface area contributed by atoms with Crippen LogP contribution in [0.1, 0.15) is 73.0 Å². The molecule has 7 nitrogen and oxygen atoms in total. The Balaban J connectivity index is 1.20. The van der Waals surface area contributed by atoms with Gasteiger partial charge in [-0.2, -0.15) is 0 Å². The predicted molar refractivity (Wildman–Crippen MR) is 124 cm³/mol. The molecule has 2 aromatic heterocycles. The number of hydrogen-bond donors (Lipinski definition) is 2. The summed E-state index contributed by atoms with van der Waals surface area (Å²) in [6.45, 7) is 0.627. The highest BCUT2D eigenvalue weighted by atomic mass is 16.5. The average Bonchev–Trinajstić information content (AvgIpc) is 3.35. The number of aromatic amines is 1. The smallest absolute Gasteiger partial charge is 0.225 e. The van der Waals surface area contributed by atoms with Gasteiger partial charge < -0.3 is 19.8 Å². The molecule has 0 saturated heterocycles. The molecule has 4 heterocycles. The number of carbonyl (C=O) groups excluding carboxylic acids is 1. The van der Waals surface area contributed by atoms with Gasteiger partial charge >= 0.3 is 0 Å². The van der Waals surface area contributed by atoms with E-state index in [0.29, 0.717) is 31.2 Å². The summed E-state index contributed by atoms with van der Waals surface area (Å²) in [4.78, 5) is 24.3. The first-order chi connectivity index (χ1) is 16.2. The number of imidazole rings is 1. The number of ether oxygens (including phenoxy) is 2. The van der Waals surface area contributed by atoms with Gasteiger partial charge in [0.2, 0.25) is 5.91 Å². The van der Waals surface area contributed by atoms with Crippen molar-refractivity contribution < 1.29 is 14.3 Å². The quantitative estimate of drug-likeness (QED) is 0.574. The number of benzene rings is 1. The van der Waals surface area contributed by atoms with E-state index in [1.54, 1.807) is 6.20 Å². The SMILES string of the molecule is O=C1CCc2c(Oc3ccc4c(c3)C[C@@H](c3ncc(C5CCCCC5)[nH]3)CO4)ccnc2N1. The van der Waals surface area contributed by atoms with Gasteiger partial charge in [0.05, 0.1) is 12.5 Å². The third kappa shape index (κ3) is 4.08. The summed E-state index contributed by atoms with van der Waals surface area (Å²) in [5.74, 6) is 4.82. The Labute approximate surface area is 192 Å². The van der Waals surface area contributed by atoms with Crippen molar-refractivity contribution >= 4 is 11.7 Å². The molecule has 1 aliphatic carbocycles. The molecule has 6 rings (SSSR count). The van der Waals surface area contributed by atoms with Gasteiger partial charge in [-0.15, -0.1) is 0 Å². The number of rotatable bonds is 4. The third-order valence-electron chi connectivity index (χ3n) is 7.09. The number of pyridine rings is 1. The lowest BCUT2D eigenvalue weighted by Crippen LogP contribution is -2.21. The van der Waals surface area contributed by atoms with Gasteiger partial charge in [0, 0.05) is 36.0 Å².